The summed E-state index contributed by atoms with van der Waals surface area (Å²) in [6.45, 7) is 4.89. The average Bonchev–Trinajstić information content (AvgIpc) is 3.95. The molecule has 0 saturated carbocycles. The number of hydrogen-bond acceptors (Lipinski definition) is 12. The van der Waals surface area contributed by atoms with Crippen LogP contribution in [0, 0.1) is 5.92 Å². The van der Waals surface area contributed by atoms with Gasteiger partial charge in [-0.05, 0) is 51.4 Å². The molecule has 23 heteroatoms. The van der Waals surface area contributed by atoms with E-state index < -0.39 is 108 Å². The first kappa shape index (κ1) is 46.5. The third-order valence-electron chi connectivity index (χ3n) is 9.85. The molecule has 2 fully saturated rings. The van der Waals surface area contributed by atoms with E-state index in [1.165, 1.54) is 18.2 Å². The van der Waals surface area contributed by atoms with E-state index in [1.54, 1.807) is 20.0 Å². The monoisotopic (exact) mass is 820 g/mol. The minimum Gasteiger partial charge on any atom is -0.481 e. The number of amides is 6. The Bertz CT molecular complexity index is 1670. The Kier molecular flexibility index (Phi) is 17.3. The van der Waals surface area contributed by atoms with Crippen molar-refractivity contribution < 1.29 is 53.7 Å². The first-order valence-electron chi connectivity index (χ1n) is 19.1. The van der Waals surface area contributed by atoms with Gasteiger partial charge in [0.05, 0.1) is 24.9 Å². The van der Waals surface area contributed by atoms with Crippen LogP contribution in [0.4, 0.5) is 0 Å². The van der Waals surface area contributed by atoms with Crippen LogP contribution in [0.2, 0.25) is 0 Å². The predicted octanol–water partition coefficient (Wildman–Crippen LogP) is -4.15. The Morgan fingerprint density at radius 1 is 0.862 bits per heavy atom. The van der Waals surface area contributed by atoms with Gasteiger partial charge in [-0.25, -0.2) is 9.78 Å². The largest absolute Gasteiger partial charge is 0.481 e. The fourth-order valence-electron chi connectivity index (χ4n) is 6.82. The number of carboxylic acids is 2. The molecule has 2 saturated heterocycles. The zero-order chi connectivity index (χ0) is 43.3. The summed E-state index contributed by atoms with van der Waals surface area (Å²) in [5.41, 5.74) is 17.3. The molecule has 2 aliphatic heterocycles. The van der Waals surface area contributed by atoms with Crippen LogP contribution in [0.25, 0.3) is 0 Å². The van der Waals surface area contributed by atoms with Crippen molar-refractivity contribution in [2.24, 2.45) is 28.1 Å². The van der Waals surface area contributed by atoms with Gasteiger partial charge in [-0.3, -0.25) is 38.6 Å². The van der Waals surface area contributed by atoms with Crippen LogP contribution < -0.4 is 38.5 Å². The normalized spacial score (nSPS) is 19.6. The zero-order valence-corrected chi connectivity index (χ0v) is 32.8. The molecule has 3 rings (SSSR count). The van der Waals surface area contributed by atoms with Gasteiger partial charge >= 0.3 is 11.9 Å². The second-order valence-corrected chi connectivity index (χ2v) is 14.7. The number of aliphatic hydroxyl groups is 1. The van der Waals surface area contributed by atoms with Crippen molar-refractivity contribution >= 4 is 53.3 Å². The van der Waals surface area contributed by atoms with Crippen molar-refractivity contribution in [3.05, 3.63) is 18.2 Å². The van der Waals surface area contributed by atoms with E-state index in [1.807, 2.05) is 0 Å². The number of carbonyl (C=O) groups is 8. The number of aromatic amines is 1. The fraction of sp³-hybridized carbons (Fsp3) is 0.657. The van der Waals surface area contributed by atoms with Gasteiger partial charge in [0.25, 0.3) is 0 Å². The summed E-state index contributed by atoms with van der Waals surface area (Å²) < 4.78 is 0. The number of aliphatic imine (C=N–C) groups is 1. The number of nitrogens with zero attached hydrogens (tertiary/aromatic N) is 4. The number of H-pyrrole nitrogens is 1. The number of aliphatic carboxylic acids is 2. The molecular weight excluding hydrogens is 764 g/mol. The summed E-state index contributed by atoms with van der Waals surface area (Å²) in [6.07, 6.45) is 2.01. The van der Waals surface area contributed by atoms with Gasteiger partial charge in [0.15, 0.2) is 5.96 Å². The second-order valence-electron chi connectivity index (χ2n) is 14.7. The van der Waals surface area contributed by atoms with Crippen molar-refractivity contribution in [3.8, 4) is 0 Å². The molecule has 0 aliphatic carbocycles. The molecule has 0 unspecified atom stereocenters. The highest BCUT2D eigenvalue weighted by molar-refractivity contribution is 5.98. The third kappa shape index (κ3) is 13.1. The average molecular weight is 821 g/mol. The van der Waals surface area contributed by atoms with E-state index in [0.717, 1.165) is 4.90 Å². The van der Waals surface area contributed by atoms with Crippen molar-refractivity contribution in [3.63, 3.8) is 0 Å². The number of nitrogens with one attached hydrogen (secondary N) is 5. The third-order valence-corrected chi connectivity index (χ3v) is 9.85. The molecule has 3 heterocycles. The Morgan fingerprint density at radius 3 is 1.98 bits per heavy atom. The van der Waals surface area contributed by atoms with Gasteiger partial charge in [0, 0.05) is 37.9 Å². The molecule has 322 valence electrons. The number of aliphatic hydroxyl groups excluding tert-OH is 1. The van der Waals surface area contributed by atoms with Crippen LogP contribution in [-0.2, 0) is 44.8 Å². The van der Waals surface area contributed by atoms with Crippen molar-refractivity contribution in [1.82, 2.24) is 41.0 Å². The van der Waals surface area contributed by atoms with Crippen LogP contribution in [0.5, 0.6) is 0 Å². The summed E-state index contributed by atoms with van der Waals surface area (Å²) >= 11 is 0. The molecular formula is C35H56N12O11. The van der Waals surface area contributed by atoms with Crippen molar-refractivity contribution in [2.45, 2.75) is 121 Å². The molecule has 6 amide bonds. The molecule has 23 nitrogen and oxygen atoms in total. The van der Waals surface area contributed by atoms with E-state index in [2.05, 4.69) is 36.2 Å². The SMILES string of the molecule is CC(C)[C@H](NC(=O)[C@@H]1CCCN1C(=O)[C@@H](N)Cc1cnc[nH]1)C(=O)N[C@H](C(=O)N1CCC[C@H]1C(=O)N[C@@H](CC(=O)O)C(=O)N[C@@H](CCCN=C(N)N)C(=O)O)[C@@H](C)O. The van der Waals surface area contributed by atoms with Gasteiger partial charge in [0.2, 0.25) is 35.4 Å². The summed E-state index contributed by atoms with van der Waals surface area (Å²) in [7, 11) is 0. The first-order valence-corrected chi connectivity index (χ1v) is 19.1. The van der Waals surface area contributed by atoms with E-state index in [-0.39, 0.29) is 51.3 Å². The fourth-order valence-corrected chi connectivity index (χ4v) is 6.82. The van der Waals surface area contributed by atoms with Gasteiger partial charge in [-0.15, -0.1) is 0 Å². The number of carboxylic acid groups (broad SMARTS) is 2. The highest BCUT2D eigenvalue weighted by Crippen LogP contribution is 2.22. The Labute approximate surface area is 334 Å². The number of guanidine groups is 1. The van der Waals surface area contributed by atoms with Gasteiger partial charge in [-0.2, -0.15) is 0 Å². The number of hydrogen-bond donors (Lipinski definition) is 11. The molecule has 2 aliphatic rings. The summed E-state index contributed by atoms with van der Waals surface area (Å²) in [5, 5.41) is 39.5. The molecule has 0 radical (unpaired) electrons. The topological polar surface area (TPSA) is 371 Å². The number of imidazole rings is 1. The Hall–Kier alpha value is -5.84. The Balaban J connectivity index is 1.69. The minimum absolute atomic E-state index is 0.00108. The maximum absolute atomic E-state index is 13.9. The standard InChI is InChI=1S/C35H56N12O11/c1-17(2)26(44-30(53)24-9-5-11-46(24)32(55)20(36)13-19-15-39-16-41-19)31(54)45-27(18(3)48)33(56)47-12-6-8-23(47)29(52)43-22(14-25(49)50)28(51)42-21(34(57)58)7-4-10-40-35(37)38/h15-18,20-24,26-27,48H,4-14,36H2,1-3H3,(H,39,41)(H,42,51)(H,43,52)(H,44,53)(H,45,54)(H,49,50)(H,57,58)(H4,37,38,40)/t18-,20+,21+,22+,23+,24+,26+,27+/m1/s1. The van der Waals surface area contributed by atoms with E-state index >= 15 is 0 Å². The van der Waals surface area contributed by atoms with Crippen LogP contribution in [0.1, 0.15) is 71.4 Å². The molecule has 8 atom stereocenters. The van der Waals surface area contributed by atoms with E-state index in [0.29, 0.717) is 25.0 Å². The van der Waals surface area contributed by atoms with E-state index in [4.69, 9.17) is 17.2 Å². The van der Waals surface area contributed by atoms with Crippen molar-refractivity contribution in [2.75, 3.05) is 19.6 Å². The molecule has 1 aromatic heterocycles. The Morgan fingerprint density at radius 2 is 1.47 bits per heavy atom. The molecule has 0 spiro atoms. The van der Waals surface area contributed by atoms with Crippen LogP contribution in [0.15, 0.2) is 17.5 Å². The van der Waals surface area contributed by atoms with Crippen LogP contribution >= 0.6 is 0 Å². The maximum atomic E-state index is 13.9. The highest BCUT2D eigenvalue weighted by atomic mass is 16.4. The maximum Gasteiger partial charge on any atom is 0.326 e. The van der Waals surface area contributed by atoms with Crippen LogP contribution in [-0.4, -0.2) is 156 Å². The molecule has 58 heavy (non-hydrogen) atoms. The lowest BCUT2D eigenvalue weighted by atomic mass is 10.0. The van der Waals surface area contributed by atoms with Gasteiger partial charge < -0.3 is 68.6 Å². The number of rotatable bonds is 21. The summed E-state index contributed by atoms with van der Waals surface area (Å²) in [4.78, 5) is 117. The number of aromatic nitrogens is 2. The highest BCUT2D eigenvalue weighted by Gasteiger charge is 2.43. The number of nitrogens with two attached hydrogens (primary N) is 3. The lowest BCUT2D eigenvalue weighted by Gasteiger charge is -2.33. The summed E-state index contributed by atoms with van der Waals surface area (Å²) in [6, 6.07) is -9.13. The summed E-state index contributed by atoms with van der Waals surface area (Å²) in [5.74, 6) is -8.40. The predicted molar refractivity (Wildman–Crippen MR) is 204 cm³/mol. The lowest BCUT2D eigenvalue weighted by Crippen LogP contribution is -2.62. The second kappa shape index (κ2) is 21.6. The molecule has 0 bridgehead atoms. The zero-order valence-electron chi connectivity index (χ0n) is 32.8. The smallest absolute Gasteiger partial charge is 0.326 e. The molecule has 14 N–H and O–H groups in total. The van der Waals surface area contributed by atoms with E-state index in [9.17, 15) is 53.7 Å². The number of likely N-dealkylation sites (tertiary alicyclic amines) is 2. The number of carbonyl (C=O) groups excluding carboxylic acids is 6. The van der Waals surface area contributed by atoms with Crippen molar-refractivity contribution in [1.29, 1.82) is 0 Å². The lowest BCUT2D eigenvalue weighted by molar-refractivity contribution is -0.146. The first-order chi connectivity index (χ1) is 27.3. The molecule has 0 aromatic carbocycles. The van der Waals surface area contributed by atoms with Gasteiger partial charge in [0.1, 0.15) is 36.3 Å². The van der Waals surface area contributed by atoms with Crippen LogP contribution in [0.3, 0.4) is 0 Å². The molecule has 1 aromatic rings. The quantitative estimate of drug-likeness (QED) is 0.0319. The minimum atomic E-state index is -1.73. The van der Waals surface area contributed by atoms with Gasteiger partial charge in [-0.1, -0.05) is 13.8 Å².